The molecule has 0 bridgehead atoms. The van der Waals surface area contributed by atoms with Crippen molar-refractivity contribution < 1.29 is 4.74 Å². The number of rotatable bonds is 7. The number of fused-ring (bicyclic) bond motifs is 1. The van der Waals surface area contributed by atoms with E-state index < -0.39 is 0 Å². The third kappa shape index (κ3) is 2.92. The van der Waals surface area contributed by atoms with E-state index in [2.05, 4.69) is 47.3 Å². The van der Waals surface area contributed by atoms with Crippen molar-refractivity contribution in [1.29, 1.82) is 0 Å². The van der Waals surface area contributed by atoms with Crippen molar-refractivity contribution in [3.63, 3.8) is 0 Å². The zero-order valence-electron chi connectivity index (χ0n) is 11.3. The standard InChI is InChI=1S/C15H22N2O/c1-3-9-18-10-8-17-12-13(11-16-2)14-6-4-5-7-15(14)17/h4-7,12,16H,3,8-11H2,1-2H3. The molecular weight excluding hydrogens is 224 g/mol. The van der Waals surface area contributed by atoms with Crippen molar-refractivity contribution in [1.82, 2.24) is 9.88 Å². The van der Waals surface area contributed by atoms with Crippen molar-refractivity contribution in [3.8, 4) is 0 Å². The van der Waals surface area contributed by atoms with E-state index in [1.165, 1.54) is 16.5 Å². The summed E-state index contributed by atoms with van der Waals surface area (Å²) in [4.78, 5) is 0. The van der Waals surface area contributed by atoms with E-state index in [0.29, 0.717) is 0 Å². The maximum Gasteiger partial charge on any atom is 0.0645 e. The quantitative estimate of drug-likeness (QED) is 0.760. The number of hydrogen-bond acceptors (Lipinski definition) is 2. The van der Waals surface area contributed by atoms with Crippen LogP contribution in [0.2, 0.25) is 0 Å². The van der Waals surface area contributed by atoms with E-state index in [9.17, 15) is 0 Å². The summed E-state index contributed by atoms with van der Waals surface area (Å²) in [7, 11) is 1.98. The molecule has 0 fully saturated rings. The smallest absolute Gasteiger partial charge is 0.0645 e. The molecule has 0 saturated heterocycles. The molecule has 0 radical (unpaired) electrons. The maximum atomic E-state index is 5.57. The van der Waals surface area contributed by atoms with Gasteiger partial charge in [0.15, 0.2) is 0 Å². The van der Waals surface area contributed by atoms with Crippen LogP contribution in [-0.2, 0) is 17.8 Å². The van der Waals surface area contributed by atoms with Gasteiger partial charge >= 0.3 is 0 Å². The summed E-state index contributed by atoms with van der Waals surface area (Å²) in [5, 5.41) is 4.56. The van der Waals surface area contributed by atoms with Gasteiger partial charge in [0.1, 0.15) is 0 Å². The van der Waals surface area contributed by atoms with Crippen LogP contribution in [0, 0.1) is 0 Å². The van der Waals surface area contributed by atoms with Crippen LogP contribution in [0.1, 0.15) is 18.9 Å². The Bertz CT molecular complexity index is 490. The second kappa shape index (κ2) is 6.57. The van der Waals surface area contributed by atoms with Crippen LogP contribution in [0.5, 0.6) is 0 Å². The second-order valence-corrected chi connectivity index (χ2v) is 4.51. The average Bonchev–Trinajstić information content (AvgIpc) is 2.74. The van der Waals surface area contributed by atoms with Gasteiger partial charge in [0.25, 0.3) is 0 Å². The molecule has 1 aromatic carbocycles. The van der Waals surface area contributed by atoms with Crippen molar-refractivity contribution in [2.75, 3.05) is 20.3 Å². The number of nitrogens with zero attached hydrogens (tertiary/aromatic N) is 1. The zero-order chi connectivity index (χ0) is 12.8. The van der Waals surface area contributed by atoms with Crippen LogP contribution in [0.15, 0.2) is 30.5 Å². The Morgan fingerprint density at radius 2 is 2.06 bits per heavy atom. The third-order valence-electron chi connectivity index (χ3n) is 3.06. The first-order valence-electron chi connectivity index (χ1n) is 6.66. The fourth-order valence-corrected chi connectivity index (χ4v) is 2.25. The summed E-state index contributed by atoms with van der Waals surface area (Å²) in [6.45, 7) is 5.59. The van der Waals surface area contributed by atoms with E-state index >= 15 is 0 Å². The molecule has 0 saturated carbocycles. The van der Waals surface area contributed by atoms with Gasteiger partial charge in [-0.05, 0) is 25.1 Å². The van der Waals surface area contributed by atoms with Crippen molar-refractivity contribution in [3.05, 3.63) is 36.0 Å². The lowest BCUT2D eigenvalue weighted by molar-refractivity contribution is 0.127. The lowest BCUT2D eigenvalue weighted by Crippen LogP contribution is -2.06. The van der Waals surface area contributed by atoms with Gasteiger partial charge in [-0.2, -0.15) is 0 Å². The van der Waals surface area contributed by atoms with E-state index in [-0.39, 0.29) is 0 Å². The molecule has 0 aliphatic carbocycles. The van der Waals surface area contributed by atoms with Gasteiger partial charge in [-0.1, -0.05) is 25.1 Å². The minimum Gasteiger partial charge on any atom is -0.380 e. The molecule has 2 aromatic rings. The molecule has 0 aliphatic rings. The van der Waals surface area contributed by atoms with Gasteiger partial charge in [0, 0.05) is 36.8 Å². The number of aromatic nitrogens is 1. The fraction of sp³-hybridized carbons (Fsp3) is 0.467. The molecule has 0 amide bonds. The molecular formula is C15H22N2O. The van der Waals surface area contributed by atoms with Crippen LogP contribution < -0.4 is 5.32 Å². The normalized spacial score (nSPS) is 11.2. The van der Waals surface area contributed by atoms with Crippen LogP contribution in [0.4, 0.5) is 0 Å². The van der Waals surface area contributed by atoms with E-state index in [1.54, 1.807) is 0 Å². The van der Waals surface area contributed by atoms with Crippen molar-refractivity contribution >= 4 is 10.9 Å². The Labute approximate surface area is 109 Å². The van der Waals surface area contributed by atoms with Gasteiger partial charge in [0.05, 0.1) is 6.61 Å². The van der Waals surface area contributed by atoms with Gasteiger partial charge in [-0.25, -0.2) is 0 Å². The summed E-state index contributed by atoms with van der Waals surface area (Å²) in [5.41, 5.74) is 2.64. The average molecular weight is 246 g/mol. The first-order chi connectivity index (χ1) is 8.86. The van der Waals surface area contributed by atoms with Crippen LogP contribution >= 0.6 is 0 Å². The Kier molecular flexibility index (Phi) is 4.79. The summed E-state index contributed by atoms with van der Waals surface area (Å²) < 4.78 is 7.86. The third-order valence-corrected chi connectivity index (χ3v) is 3.06. The minimum atomic E-state index is 0.783. The molecule has 0 unspecified atom stereocenters. The highest BCUT2D eigenvalue weighted by molar-refractivity contribution is 5.83. The van der Waals surface area contributed by atoms with Crippen molar-refractivity contribution in [2.45, 2.75) is 26.4 Å². The summed E-state index contributed by atoms with van der Waals surface area (Å²) in [5.74, 6) is 0. The van der Waals surface area contributed by atoms with Crippen LogP contribution in [0.25, 0.3) is 10.9 Å². The van der Waals surface area contributed by atoms with E-state index in [1.807, 2.05) is 7.05 Å². The SMILES string of the molecule is CCCOCCn1cc(CNC)c2ccccc21. The molecule has 3 heteroatoms. The lowest BCUT2D eigenvalue weighted by atomic mass is 10.2. The number of ether oxygens (including phenoxy) is 1. The van der Waals surface area contributed by atoms with E-state index in [0.717, 1.165) is 32.7 Å². The largest absolute Gasteiger partial charge is 0.380 e. The topological polar surface area (TPSA) is 26.2 Å². The molecule has 1 heterocycles. The Balaban J connectivity index is 2.16. The molecule has 1 aromatic heterocycles. The summed E-state index contributed by atoms with van der Waals surface area (Å²) in [6.07, 6.45) is 3.31. The minimum absolute atomic E-state index is 0.783. The number of para-hydroxylation sites is 1. The van der Waals surface area contributed by atoms with Gasteiger partial charge in [-0.3, -0.25) is 0 Å². The molecule has 3 nitrogen and oxygen atoms in total. The fourth-order valence-electron chi connectivity index (χ4n) is 2.25. The van der Waals surface area contributed by atoms with Gasteiger partial charge in [-0.15, -0.1) is 0 Å². The van der Waals surface area contributed by atoms with E-state index in [4.69, 9.17) is 4.74 Å². The summed E-state index contributed by atoms with van der Waals surface area (Å²) >= 11 is 0. The first-order valence-corrected chi connectivity index (χ1v) is 6.66. The monoisotopic (exact) mass is 246 g/mol. The maximum absolute atomic E-state index is 5.57. The number of benzene rings is 1. The first kappa shape index (κ1) is 13.1. The molecule has 98 valence electrons. The molecule has 2 rings (SSSR count). The molecule has 1 N–H and O–H groups in total. The molecule has 18 heavy (non-hydrogen) atoms. The highest BCUT2D eigenvalue weighted by Crippen LogP contribution is 2.21. The molecule has 0 spiro atoms. The zero-order valence-corrected chi connectivity index (χ0v) is 11.3. The van der Waals surface area contributed by atoms with Crippen LogP contribution in [-0.4, -0.2) is 24.8 Å². The Hall–Kier alpha value is -1.32. The number of nitrogens with one attached hydrogen (secondary N) is 1. The van der Waals surface area contributed by atoms with Crippen LogP contribution in [0.3, 0.4) is 0 Å². The van der Waals surface area contributed by atoms with Gasteiger partial charge < -0.3 is 14.6 Å². The van der Waals surface area contributed by atoms with Gasteiger partial charge in [0.2, 0.25) is 0 Å². The predicted octanol–water partition coefficient (Wildman–Crippen LogP) is 2.79. The highest BCUT2D eigenvalue weighted by atomic mass is 16.5. The second-order valence-electron chi connectivity index (χ2n) is 4.51. The lowest BCUT2D eigenvalue weighted by Gasteiger charge is -2.05. The Morgan fingerprint density at radius 1 is 1.22 bits per heavy atom. The molecule has 0 atom stereocenters. The Morgan fingerprint density at radius 3 is 2.83 bits per heavy atom. The molecule has 0 aliphatic heterocycles. The van der Waals surface area contributed by atoms with Crippen molar-refractivity contribution in [2.24, 2.45) is 0 Å². The number of hydrogen-bond donors (Lipinski definition) is 1. The highest BCUT2D eigenvalue weighted by Gasteiger charge is 2.06. The predicted molar refractivity (Wildman–Crippen MR) is 75.8 cm³/mol. The summed E-state index contributed by atoms with van der Waals surface area (Å²) in [6, 6.07) is 8.55.